The van der Waals surface area contributed by atoms with E-state index >= 15 is 0 Å². The van der Waals surface area contributed by atoms with Crippen LogP contribution in [0.3, 0.4) is 0 Å². The maximum atomic E-state index is 10.0. The van der Waals surface area contributed by atoms with Crippen molar-refractivity contribution in [3.8, 4) is 0 Å². The van der Waals surface area contributed by atoms with Crippen molar-refractivity contribution in [1.82, 2.24) is 5.32 Å². The fraction of sp³-hybridized carbons (Fsp3) is 0.857. The molecule has 0 bridgehead atoms. The first-order valence-corrected chi connectivity index (χ1v) is 4.31. The molecule has 7 nitrogen and oxygen atoms in total. The second kappa shape index (κ2) is 5.38. The van der Waals surface area contributed by atoms with Crippen molar-refractivity contribution in [2.24, 2.45) is 11.0 Å². The molecule has 1 aliphatic rings. The number of amidine groups is 1. The Balaban J connectivity index is 2.29. The highest BCUT2D eigenvalue weighted by atomic mass is 16.7. The van der Waals surface area contributed by atoms with Gasteiger partial charge in [0.15, 0.2) is 5.03 Å². The van der Waals surface area contributed by atoms with Crippen molar-refractivity contribution in [3.63, 3.8) is 0 Å². The number of nitrogens with one attached hydrogen (secondary N) is 1. The number of ether oxygens (including phenoxy) is 2. The molecule has 0 aromatic carbocycles. The van der Waals surface area contributed by atoms with Crippen LogP contribution in [0.15, 0.2) is 5.10 Å². The van der Waals surface area contributed by atoms with Crippen molar-refractivity contribution in [1.29, 1.82) is 0 Å². The van der Waals surface area contributed by atoms with Gasteiger partial charge in [-0.1, -0.05) is 0 Å². The summed E-state index contributed by atoms with van der Waals surface area (Å²) in [6, 6.07) is -0.0677. The summed E-state index contributed by atoms with van der Waals surface area (Å²) in [5.41, 5.74) is 0. The molecule has 1 rings (SSSR count). The molecule has 0 aromatic heterocycles. The third kappa shape index (κ3) is 3.56. The molecule has 0 spiro atoms. The second-order valence-corrected chi connectivity index (χ2v) is 2.96. The quantitative estimate of drug-likeness (QED) is 0.297. The number of hydrogen-bond acceptors (Lipinski definition) is 4. The maximum Gasteiger partial charge on any atom is 0.358 e. The molecule has 14 heavy (non-hydrogen) atoms. The van der Waals surface area contributed by atoms with Gasteiger partial charge in [0, 0.05) is 19.1 Å². The van der Waals surface area contributed by atoms with Crippen molar-refractivity contribution in [2.45, 2.75) is 6.42 Å². The first kappa shape index (κ1) is 10.7. The molecule has 1 heterocycles. The van der Waals surface area contributed by atoms with E-state index in [9.17, 15) is 10.1 Å². The SMILES string of the molecule is COC(=N[N+](=O)[O-])NCC1CCOC1. The molecule has 1 unspecified atom stereocenters. The maximum absolute atomic E-state index is 10.0. The zero-order valence-electron chi connectivity index (χ0n) is 7.93. The molecule has 0 amide bonds. The Morgan fingerprint density at radius 3 is 3.14 bits per heavy atom. The van der Waals surface area contributed by atoms with Gasteiger partial charge in [0.25, 0.3) is 0 Å². The summed E-state index contributed by atoms with van der Waals surface area (Å²) < 4.78 is 9.83. The van der Waals surface area contributed by atoms with Gasteiger partial charge in [0.2, 0.25) is 0 Å². The molecule has 0 saturated carbocycles. The first-order valence-electron chi connectivity index (χ1n) is 4.31. The summed E-state index contributed by atoms with van der Waals surface area (Å²) >= 11 is 0. The molecule has 1 atom stereocenters. The van der Waals surface area contributed by atoms with E-state index in [-0.39, 0.29) is 6.02 Å². The van der Waals surface area contributed by atoms with Crippen molar-refractivity contribution < 1.29 is 14.5 Å². The van der Waals surface area contributed by atoms with E-state index in [0.717, 1.165) is 13.0 Å². The second-order valence-electron chi connectivity index (χ2n) is 2.96. The minimum atomic E-state index is -0.795. The number of rotatable bonds is 3. The molecule has 1 aliphatic heterocycles. The van der Waals surface area contributed by atoms with Crippen LogP contribution in [0, 0.1) is 16.0 Å². The van der Waals surface area contributed by atoms with E-state index in [4.69, 9.17) is 4.74 Å². The van der Waals surface area contributed by atoms with Crippen LogP contribution in [0.4, 0.5) is 0 Å². The lowest BCUT2D eigenvalue weighted by Gasteiger charge is -2.08. The topological polar surface area (TPSA) is 86.0 Å². The molecule has 0 radical (unpaired) electrons. The summed E-state index contributed by atoms with van der Waals surface area (Å²) in [6.45, 7) is 2.02. The average molecular weight is 203 g/mol. The highest BCUT2D eigenvalue weighted by Gasteiger charge is 2.16. The van der Waals surface area contributed by atoms with E-state index in [1.807, 2.05) is 0 Å². The molecule has 0 aromatic rings. The van der Waals surface area contributed by atoms with Gasteiger partial charge in [0.05, 0.1) is 13.7 Å². The molecule has 7 heteroatoms. The third-order valence-electron chi connectivity index (χ3n) is 1.93. The van der Waals surface area contributed by atoms with Crippen LogP contribution >= 0.6 is 0 Å². The smallest absolute Gasteiger partial charge is 0.358 e. The fourth-order valence-electron chi connectivity index (χ4n) is 1.20. The normalized spacial score (nSPS) is 22.1. The van der Waals surface area contributed by atoms with Crippen LogP contribution in [-0.4, -0.2) is 37.9 Å². The van der Waals surface area contributed by atoms with Crippen LogP contribution in [0.25, 0.3) is 0 Å². The summed E-state index contributed by atoms with van der Waals surface area (Å²) in [7, 11) is 1.33. The predicted octanol–water partition coefficient (Wildman–Crippen LogP) is -0.193. The Labute approximate surface area is 81.2 Å². The molecule has 1 N–H and O–H groups in total. The molecule has 0 aliphatic carbocycles. The average Bonchev–Trinajstić information content (AvgIpc) is 2.64. The lowest BCUT2D eigenvalue weighted by molar-refractivity contribution is -0.486. The van der Waals surface area contributed by atoms with Crippen LogP contribution in [0.2, 0.25) is 0 Å². The number of methoxy groups -OCH3 is 1. The van der Waals surface area contributed by atoms with Gasteiger partial charge in [0.1, 0.15) is 5.10 Å². The van der Waals surface area contributed by atoms with Gasteiger partial charge < -0.3 is 14.8 Å². The summed E-state index contributed by atoms with van der Waals surface area (Å²) in [6.07, 6.45) is 0.961. The number of nitro groups is 1. The Hall–Kier alpha value is -1.37. The van der Waals surface area contributed by atoms with E-state index in [1.54, 1.807) is 0 Å². The van der Waals surface area contributed by atoms with E-state index < -0.39 is 5.03 Å². The molecular formula is C7H13N3O4. The van der Waals surface area contributed by atoms with Crippen LogP contribution in [0.5, 0.6) is 0 Å². The van der Waals surface area contributed by atoms with Gasteiger partial charge in [-0.25, -0.2) is 10.1 Å². The molecular weight excluding hydrogens is 190 g/mol. The first-order chi connectivity index (χ1) is 6.72. The van der Waals surface area contributed by atoms with Gasteiger partial charge in [-0.2, -0.15) is 0 Å². The van der Waals surface area contributed by atoms with Crippen molar-refractivity contribution in [3.05, 3.63) is 10.1 Å². The minimum Gasteiger partial charge on any atom is -0.464 e. The van der Waals surface area contributed by atoms with Gasteiger partial charge in [-0.15, -0.1) is 0 Å². The highest BCUT2D eigenvalue weighted by molar-refractivity contribution is 5.72. The van der Waals surface area contributed by atoms with Crippen LogP contribution in [0.1, 0.15) is 6.42 Å². The number of hydrazone groups is 1. The number of hydrogen-bond donors (Lipinski definition) is 1. The Kier molecular flexibility index (Phi) is 4.11. The largest absolute Gasteiger partial charge is 0.464 e. The predicted molar refractivity (Wildman–Crippen MR) is 48.4 cm³/mol. The van der Waals surface area contributed by atoms with Gasteiger partial charge in [-0.3, -0.25) is 0 Å². The summed E-state index contributed by atoms with van der Waals surface area (Å²) in [4.78, 5) is 10.0. The fourth-order valence-corrected chi connectivity index (χ4v) is 1.20. The summed E-state index contributed by atoms with van der Waals surface area (Å²) in [5.74, 6) is 0.377. The van der Waals surface area contributed by atoms with Crippen molar-refractivity contribution >= 4 is 6.02 Å². The monoisotopic (exact) mass is 203 g/mol. The number of nitrogens with zero attached hydrogens (tertiary/aromatic N) is 2. The van der Waals surface area contributed by atoms with Crippen LogP contribution in [-0.2, 0) is 9.47 Å². The lowest BCUT2D eigenvalue weighted by Crippen LogP contribution is -2.31. The van der Waals surface area contributed by atoms with E-state index in [1.165, 1.54) is 7.11 Å². The zero-order valence-corrected chi connectivity index (χ0v) is 7.93. The third-order valence-corrected chi connectivity index (χ3v) is 1.93. The molecule has 1 saturated heterocycles. The Morgan fingerprint density at radius 1 is 1.86 bits per heavy atom. The standard InChI is InChI=1S/C7H13N3O4/c1-13-7(9-10(11)12)8-4-6-2-3-14-5-6/h6H,2-5H2,1H3,(H,8,9). The Morgan fingerprint density at radius 2 is 2.64 bits per heavy atom. The van der Waals surface area contributed by atoms with Gasteiger partial charge in [-0.05, 0) is 6.42 Å². The lowest BCUT2D eigenvalue weighted by atomic mass is 10.1. The molecule has 1 fully saturated rings. The Bertz CT molecular complexity index is 225. The van der Waals surface area contributed by atoms with E-state index in [2.05, 4.69) is 15.2 Å². The minimum absolute atomic E-state index is 0.0677. The van der Waals surface area contributed by atoms with E-state index in [0.29, 0.717) is 19.1 Å². The highest BCUT2D eigenvalue weighted by Crippen LogP contribution is 2.10. The van der Waals surface area contributed by atoms with Gasteiger partial charge >= 0.3 is 6.02 Å². The molecule has 80 valence electrons. The van der Waals surface area contributed by atoms with Crippen molar-refractivity contribution in [2.75, 3.05) is 26.9 Å². The summed E-state index contributed by atoms with van der Waals surface area (Å²) in [5, 5.41) is 15.0. The zero-order chi connectivity index (χ0) is 10.4. The van der Waals surface area contributed by atoms with Crippen LogP contribution < -0.4 is 5.32 Å².